The van der Waals surface area contributed by atoms with E-state index in [1.807, 2.05) is 0 Å². The first-order chi connectivity index (χ1) is 32.7. The monoisotopic (exact) mass is 958 g/mol. The number of alkyl carbamates (subject to hydrolysis) is 1. The molecule has 368 valence electrons. The molecule has 4 aromatic rings. The SMILES string of the molecule is C=CCN(C(=O)OC(C)(C)C)[C@@H]1O[C@H](COC(=O)c2ccccc2)[C@@H](OC(=O)c2ccccc2)[C@@H]1F.CC(C)(C)OC(=O)N[C@@H]1O[C@H](COC(=O)c2ccccc2)[C@@H](OC(=O)c2ccccc2)[C@@H]1F. The first-order valence-corrected chi connectivity index (χ1v) is 21.9. The Hall–Kier alpha value is -7.18. The van der Waals surface area contributed by atoms with Crippen molar-refractivity contribution in [2.45, 2.75) is 102 Å². The van der Waals surface area contributed by atoms with Gasteiger partial charge < -0.3 is 37.9 Å². The molecule has 0 bridgehead atoms. The lowest BCUT2D eigenvalue weighted by Crippen LogP contribution is -2.48. The number of esters is 4. The molecule has 2 amide bonds. The zero-order valence-electron chi connectivity index (χ0n) is 39.0. The molecule has 16 nitrogen and oxygen atoms in total. The number of carbonyl (C=O) groups excluding carboxylic acids is 6. The number of alkyl halides is 2. The minimum absolute atomic E-state index is 0.0874. The first kappa shape index (κ1) is 52.8. The Kier molecular flexibility index (Phi) is 18.5. The summed E-state index contributed by atoms with van der Waals surface area (Å²) in [6.45, 7) is 12.7. The van der Waals surface area contributed by atoms with Gasteiger partial charge in [-0.3, -0.25) is 10.2 Å². The van der Waals surface area contributed by atoms with Crippen LogP contribution in [0.15, 0.2) is 134 Å². The third kappa shape index (κ3) is 15.7. The quantitative estimate of drug-likeness (QED) is 0.0722. The molecule has 2 saturated heterocycles. The highest BCUT2D eigenvalue weighted by Gasteiger charge is 2.53. The maximum atomic E-state index is 15.8. The van der Waals surface area contributed by atoms with E-state index in [2.05, 4.69) is 11.9 Å². The fourth-order valence-corrected chi connectivity index (χ4v) is 6.65. The van der Waals surface area contributed by atoms with Crippen molar-refractivity contribution in [2.75, 3.05) is 19.8 Å². The van der Waals surface area contributed by atoms with Gasteiger partial charge in [0, 0.05) is 6.54 Å². The minimum atomic E-state index is -1.95. The van der Waals surface area contributed by atoms with Crippen LogP contribution in [0, 0.1) is 0 Å². The second-order valence-corrected chi connectivity index (χ2v) is 17.5. The summed E-state index contributed by atoms with van der Waals surface area (Å²) in [5, 5.41) is 2.29. The summed E-state index contributed by atoms with van der Waals surface area (Å²) >= 11 is 0. The van der Waals surface area contributed by atoms with E-state index in [4.69, 9.17) is 37.9 Å². The number of ether oxygens (including phenoxy) is 8. The highest BCUT2D eigenvalue weighted by Crippen LogP contribution is 2.32. The van der Waals surface area contributed by atoms with E-state index in [0.717, 1.165) is 4.90 Å². The van der Waals surface area contributed by atoms with Crippen LogP contribution in [0.25, 0.3) is 0 Å². The number of hydrogen-bond acceptors (Lipinski definition) is 14. The number of carbonyl (C=O) groups is 6. The Morgan fingerprint density at radius 1 is 0.580 bits per heavy atom. The molecule has 0 radical (unpaired) electrons. The molecule has 1 N–H and O–H groups in total. The Morgan fingerprint density at radius 2 is 0.957 bits per heavy atom. The number of nitrogens with one attached hydrogen (secondary N) is 1. The van der Waals surface area contributed by atoms with Gasteiger partial charge in [-0.15, -0.1) is 6.58 Å². The van der Waals surface area contributed by atoms with Gasteiger partial charge >= 0.3 is 36.1 Å². The number of benzene rings is 4. The van der Waals surface area contributed by atoms with Crippen molar-refractivity contribution < 1.29 is 75.4 Å². The van der Waals surface area contributed by atoms with Gasteiger partial charge in [-0.05, 0) is 90.1 Å². The van der Waals surface area contributed by atoms with Crippen molar-refractivity contribution in [3.05, 3.63) is 156 Å². The Labute approximate surface area is 398 Å². The molecule has 2 heterocycles. The van der Waals surface area contributed by atoms with Gasteiger partial charge in [0.05, 0.1) is 22.3 Å². The van der Waals surface area contributed by atoms with Crippen LogP contribution < -0.4 is 5.32 Å². The molecule has 0 aliphatic carbocycles. The van der Waals surface area contributed by atoms with Crippen molar-refractivity contribution in [3.8, 4) is 0 Å². The normalized spacial score (nSPS) is 21.8. The minimum Gasteiger partial charge on any atom is -0.459 e. The molecule has 2 aliphatic heterocycles. The highest BCUT2D eigenvalue weighted by atomic mass is 19.1. The predicted molar refractivity (Wildman–Crippen MR) is 244 cm³/mol. The molecule has 2 aliphatic rings. The van der Waals surface area contributed by atoms with E-state index < -0.39 is 110 Å². The Morgan fingerprint density at radius 3 is 1.35 bits per heavy atom. The van der Waals surface area contributed by atoms with Gasteiger partial charge in [-0.25, -0.2) is 37.5 Å². The van der Waals surface area contributed by atoms with Gasteiger partial charge in [-0.1, -0.05) is 78.9 Å². The molecule has 0 spiro atoms. The maximum absolute atomic E-state index is 15.8. The van der Waals surface area contributed by atoms with Crippen molar-refractivity contribution >= 4 is 36.1 Å². The summed E-state index contributed by atoms with van der Waals surface area (Å²) in [5.41, 5.74) is -0.628. The van der Waals surface area contributed by atoms with Crippen molar-refractivity contribution in [3.63, 3.8) is 0 Å². The number of amides is 2. The van der Waals surface area contributed by atoms with Crippen LogP contribution in [0.3, 0.4) is 0 Å². The largest absolute Gasteiger partial charge is 0.459 e. The van der Waals surface area contributed by atoms with E-state index in [-0.39, 0.29) is 17.7 Å². The lowest BCUT2D eigenvalue weighted by atomic mass is 10.1. The summed E-state index contributed by atoms with van der Waals surface area (Å²) in [4.78, 5) is 75.8. The van der Waals surface area contributed by atoms with Gasteiger partial charge in [0.25, 0.3) is 0 Å². The number of halogens is 2. The standard InChI is InChI=1S/C27H30FNO7.C24H26FNO7/c1-5-16-29(26(32)36-27(2,3)4)23-21(28)22(35-25(31)19-14-10-7-11-15-19)20(34-23)17-33-24(30)18-12-8-6-9-13-18;1-24(2,3)33-23(29)26-20-18(25)19(32-22(28)16-12-8-5-9-13-16)17(31-20)14-30-21(27)15-10-6-4-7-11-15/h5-15,20-23H,1,16-17H2,2-4H3;4-13,17-20H,14H2,1-3H3,(H,26,29)/t20-,21+,22-,23-;17-,18+,19-,20-/m11/s1. The fourth-order valence-electron chi connectivity index (χ4n) is 6.65. The summed E-state index contributed by atoms with van der Waals surface area (Å²) < 4.78 is 74.2. The molecule has 0 unspecified atom stereocenters. The maximum Gasteiger partial charge on any atom is 0.412 e. The van der Waals surface area contributed by atoms with Gasteiger partial charge in [0.1, 0.15) is 36.6 Å². The third-order valence-corrected chi connectivity index (χ3v) is 9.76. The van der Waals surface area contributed by atoms with Crippen LogP contribution in [0.4, 0.5) is 18.4 Å². The average molecular weight is 959 g/mol. The van der Waals surface area contributed by atoms with Crippen molar-refractivity contribution in [2.24, 2.45) is 0 Å². The lowest BCUT2D eigenvalue weighted by Gasteiger charge is -2.31. The summed E-state index contributed by atoms with van der Waals surface area (Å²) in [5.74, 6) is -2.85. The number of rotatable bonds is 14. The van der Waals surface area contributed by atoms with E-state index in [1.165, 1.54) is 30.3 Å². The number of hydrogen-bond donors (Lipinski definition) is 1. The molecule has 2 fully saturated rings. The molecule has 6 rings (SSSR count). The average Bonchev–Trinajstić information content (AvgIpc) is 3.78. The van der Waals surface area contributed by atoms with E-state index in [1.54, 1.807) is 139 Å². The Balaban J connectivity index is 0.000000258. The van der Waals surface area contributed by atoms with Crippen molar-refractivity contribution in [1.29, 1.82) is 0 Å². The van der Waals surface area contributed by atoms with Crippen molar-refractivity contribution in [1.82, 2.24) is 10.2 Å². The van der Waals surface area contributed by atoms with Crippen LogP contribution in [0.5, 0.6) is 0 Å². The number of nitrogens with zero attached hydrogens (tertiary/aromatic N) is 1. The fraction of sp³-hybridized carbons (Fsp3) is 0.373. The Bertz CT molecular complexity index is 2350. The smallest absolute Gasteiger partial charge is 0.412 e. The summed E-state index contributed by atoms with van der Waals surface area (Å²) in [6.07, 6.45) is -12.4. The van der Waals surface area contributed by atoms with Crippen LogP contribution in [0.2, 0.25) is 0 Å². The van der Waals surface area contributed by atoms with E-state index >= 15 is 8.78 Å². The predicted octanol–water partition coefficient (Wildman–Crippen LogP) is 8.21. The van der Waals surface area contributed by atoms with E-state index in [0.29, 0.717) is 11.1 Å². The van der Waals surface area contributed by atoms with E-state index in [9.17, 15) is 28.8 Å². The third-order valence-electron chi connectivity index (χ3n) is 9.76. The molecule has 0 saturated carbocycles. The lowest BCUT2D eigenvalue weighted by molar-refractivity contribution is -0.0886. The van der Waals surface area contributed by atoms with Crippen LogP contribution >= 0.6 is 0 Å². The second kappa shape index (κ2) is 24.2. The van der Waals surface area contributed by atoms with Crippen LogP contribution in [-0.2, 0) is 37.9 Å². The van der Waals surface area contributed by atoms with Crippen LogP contribution in [-0.4, -0.2) is 121 Å². The topological polar surface area (TPSA) is 192 Å². The summed E-state index contributed by atoms with van der Waals surface area (Å²) in [6, 6.07) is 32.6. The first-order valence-electron chi connectivity index (χ1n) is 21.9. The zero-order chi connectivity index (χ0) is 50.3. The molecule has 0 aromatic heterocycles. The zero-order valence-corrected chi connectivity index (χ0v) is 39.0. The molecule has 69 heavy (non-hydrogen) atoms. The highest BCUT2D eigenvalue weighted by molar-refractivity contribution is 5.91. The van der Waals surface area contributed by atoms with Crippen LogP contribution in [0.1, 0.15) is 83.0 Å². The second-order valence-electron chi connectivity index (χ2n) is 17.5. The summed E-state index contributed by atoms with van der Waals surface area (Å²) in [7, 11) is 0. The van der Waals surface area contributed by atoms with Gasteiger partial charge in [0.2, 0.25) is 0 Å². The molecule has 8 atom stereocenters. The molecular formula is C51H56F2N2O14. The molecule has 18 heteroatoms. The molecule has 4 aromatic carbocycles. The van der Waals surface area contributed by atoms with Gasteiger partial charge in [-0.2, -0.15) is 0 Å². The molecular weight excluding hydrogens is 903 g/mol. The van der Waals surface area contributed by atoms with Gasteiger partial charge in [0.15, 0.2) is 37.0 Å².